The monoisotopic (exact) mass is 351 g/mol. The molecule has 0 unspecified atom stereocenters. The smallest absolute Gasteiger partial charge is 0.323 e. The number of carbonyl (C=O) groups excluding carboxylic acids is 1. The molecule has 1 aromatic heterocycles. The molecule has 0 aliphatic carbocycles. The number of ether oxygens (including phenoxy) is 1. The van der Waals surface area contributed by atoms with Crippen LogP contribution in [0.15, 0.2) is 48.5 Å². The van der Waals surface area contributed by atoms with Crippen molar-refractivity contribution in [3.63, 3.8) is 0 Å². The zero-order valence-electron chi connectivity index (χ0n) is 14.1. The predicted octanol–water partition coefficient (Wildman–Crippen LogP) is 2.85. The van der Waals surface area contributed by atoms with E-state index in [1.807, 2.05) is 30.3 Å². The maximum atomic E-state index is 12.2. The number of aromatic amines is 1. The number of methoxy groups -OCH3 is 1. The van der Waals surface area contributed by atoms with Crippen molar-refractivity contribution in [1.82, 2.24) is 10.3 Å². The highest BCUT2D eigenvalue weighted by atomic mass is 16.6. The Morgan fingerprint density at radius 2 is 2.04 bits per heavy atom. The van der Waals surface area contributed by atoms with Crippen molar-refractivity contribution in [2.24, 2.45) is 0 Å². The van der Waals surface area contributed by atoms with Gasteiger partial charge in [-0.15, -0.1) is 0 Å². The van der Waals surface area contributed by atoms with Gasteiger partial charge in [0.25, 0.3) is 5.69 Å². The Hall–Kier alpha value is -3.19. The first-order chi connectivity index (χ1) is 12.6. The molecule has 7 heteroatoms. The number of non-ortho nitro benzene ring substituents is 1. The molecule has 7 nitrogen and oxygen atoms in total. The number of H-pyrrole nitrogens is 1. The lowest BCUT2D eigenvalue weighted by Gasteiger charge is -2.30. The summed E-state index contributed by atoms with van der Waals surface area (Å²) in [6.07, 6.45) is 0.497. The summed E-state index contributed by atoms with van der Waals surface area (Å²) in [5.74, 6) is -0.351. The van der Waals surface area contributed by atoms with Gasteiger partial charge in [0.2, 0.25) is 0 Å². The summed E-state index contributed by atoms with van der Waals surface area (Å²) in [6, 6.07) is 13.5. The van der Waals surface area contributed by atoms with Crippen molar-refractivity contribution in [1.29, 1.82) is 0 Å². The summed E-state index contributed by atoms with van der Waals surface area (Å²) in [7, 11) is 1.36. The molecule has 4 rings (SSSR count). The number of nitro groups is 1. The van der Waals surface area contributed by atoms with Gasteiger partial charge in [-0.1, -0.05) is 30.3 Å². The van der Waals surface area contributed by atoms with Crippen molar-refractivity contribution in [3.8, 4) is 0 Å². The number of fused-ring (bicyclic) bond motifs is 3. The Morgan fingerprint density at radius 3 is 2.81 bits per heavy atom. The molecule has 2 atom stereocenters. The highest BCUT2D eigenvalue weighted by Crippen LogP contribution is 2.36. The number of nitro benzene ring substituents is 1. The van der Waals surface area contributed by atoms with E-state index in [9.17, 15) is 14.9 Å². The number of esters is 1. The first-order valence-electron chi connectivity index (χ1n) is 8.26. The standard InChI is InChI=1S/C19H17N3O4/c1-26-19(23)16-10-14-13-7-2-3-8-15(13)20-18(14)17(21-16)11-5-4-6-12(9-11)22(24)25/h2-9,16-17,20-21H,10H2,1H3/t16-,17+/m0/s1. The lowest BCUT2D eigenvalue weighted by Crippen LogP contribution is -2.45. The van der Waals surface area contributed by atoms with Gasteiger partial charge in [0.05, 0.1) is 18.1 Å². The van der Waals surface area contributed by atoms with Crippen molar-refractivity contribution < 1.29 is 14.5 Å². The third kappa shape index (κ3) is 2.62. The molecule has 132 valence electrons. The van der Waals surface area contributed by atoms with E-state index >= 15 is 0 Å². The van der Waals surface area contributed by atoms with Crippen LogP contribution < -0.4 is 5.32 Å². The molecule has 0 amide bonds. The first-order valence-corrected chi connectivity index (χ1v) is 8.26. The van der Waals surface area contributed by atoms with Gasteiger partial charge in [-0.25, -0.2) is 0 Å². The summed E-state index contributed by atoms with van der Waals surface area (Å²) < 4.78 is 4.92. The maximum absolute atomic E-state index is 12.2. The van der Waals surface area contributed by atoms with E-state index < -0.39 is 11.0 Å². The third-order valence-electron chi connectivity index (χ3n) is 4.81. The zero-order chi connectivity index (χ0) is 18.3. The number of benzene rings is 2. The van der Waals surface area contributed by atoms with Gasteiger partial charge in [0, 0.05) is 35.2 Å². The minimum atomic E-state index is -0.518. The number of nitrogens with zero attached hydrogens (tertiary/aromatic N) is 1. The molecule has 1 aliphatic heterocycles. The van der Waals surface area contributed by atoms with Crippen LogP contribution in [0.1, 0.15) is 22.9 Å². The number of carbonyl (C=O) groups is 1. The Kier molecular flexibility index (Phi) is 3.93. The first kappa shape index (κ1) is 16.3. The number of hydrogen-bond acceptors (Lipinski definition) is 5. The van der Waals surface area contributed by atoms with Crippen molar-refractivity contribution in [2.75, 3.05) is 7.11 Å². The van der Waals surface area contributed by atoms with Crippen LogP contribution in [0, 0.1) is 10.1 Å². The minimum absolute atomic E-state index is 0.0159. The topological polar surface area (TPSA) is 97.3 Å². The van der Waals surface area contributed by atoms with Crippen LogP contribution in [0.3, 0.4) is 0 Å². The SMILES string of the molecule is COC(=O)[C@@H]1Cc2c([nH]c3ccccc23)[C@@H](c2cccc([N+](=O)[O-])c2)N1. The molecule has 0 spiro atoms. The molecule has 26 heavy (non-hydrogen) atoms. The van der Waals surface area contributed by atoms with Gasteiger partial charge in [0.1, 0.15) is 6.04 Å². The Balaban J connectivity index is 1.87. The predicted molar refractivity (Wildman–Crippen MR) is 95.9 cm³/mol. The Labute approximate surface area is 149 Å². The summed E-state index contributed by atoms with van der Waals surface area (Å²) >= 11 is 0. The zero-order valence-corrected chi connectivity index (χ0v) is 14.1. The molecular formula is C19H17N3O4. The number of aromatic nitrogens is 1. The summed E-state index contributed by atoms with van der Waals surface area (Å²) in [6.45, 7) is 0. The molecule has 2 heterocycles. The van der Waals surface area contributed by atoms with E-state index in [1.165, 1.54) is 19.2 Å². The van der Waals surface area contributed by atoms with E-state index in [4.69, 9.17) is 4.74 Å². The average Bonchev–Trinajstić information content (AvgIpc) is 3.05. The molecule has 2 N–H and O–H groups in total. The summed E-state index contributed by atoms with van der Waals surface area (Å²) in [5.41, 5.74) is 3.67. The van der Waals surface area contributed by atoms with Crippen molar-refractivity contribution >= 4 is 22.6 Å². The highest BCUT2D eigenvalue weighted by molar-refractivity contribution is 5.87. The molecule has 0 bridgehead atoms. The van der Waals surface area contributed by atoms with Gasteiger partial charge in [-0.3, -0.25) is 20.2 Å². The summed E-state index contributed by atoms with van der Waals surface area (Å²) in [5, 5.41) is 15.5. The van der Waals surface area contributed by atoms with Crippen LogP contribution in [-0.2, 0) is 16.0 Å². The fourth-order valence-electron chi connectivity index (χ4n) is 3.61. The Bertz CT molecular complexity index is 1010. The lowest BCUT2D eigenvalue weighted by molar-refractivity contribution is -0.384. The molecular weight excluding hydrogens is 334 g/mol. The number of rotatable bonds is 3. The second kappa shape index (κ2) is 6.27. The van der Waals surface area contributed by atoms with E-state index in [0.29, 0.717) is 6.42 Å². The quantitative estimate of drug-likeness (QED) is 0.430. The van der Waals surface area contributed by atoms with Gasteiger partial charge in [0.15, 0.2) is 0 Å². The van der Waals surface area contributed by atoms with Crippen LogP contribution >= 0.6 is 0 Å². The number of nitrogens with one attached hydrogen (secondary N) is 2. The maximum Gasteiger partial charge on any atom is 0.323 e. The van der Waals surface area contributed by atoms with Crippen LogP contribution in [0.25, 0.3) is 10.9 Å². The third-order valence-corrected chi connectivity index (χ3v) is 4.81. The fraction of sp³-hybridized carbons (Fsp3) is 0.211. The van der Waals surface area contributed by atoms with E-state index in [0.717, 1.165) is 27.7 Å². The van der Waals surface area contributed by atoms with Gasteiger partial charge in [-0.2, -0.15) is 0 Å². The van der Waals surface area contributed by atoms with E-state index in [-0.39, 0.29) is 17.7 Å². The fourth-order valence-corrected chi connectivity index (χ4v) is 3.61. The van der Waals surface area contributed by atoms with Crippen molar-refractivity contribution in [2.45, 2.75) is 18.5 Å². The highest BCUT2D eigenvalue weighted by Gasteiger charge is 2.34. The molecule has 0 saturated heterocycles. The molecule has 1 aliphatic rings. The molecule has 2 aromatic carbocycles. The number of hydrogen-bond donors (Lipinski definition) is 2. The second-order valence-corrected chi connectivity index (χ2v) is 6.29. The Morgan fingerprint density at radius 1 is 1.23 bits per heavy atom. The van der Waals surface area contributed by atoms with Gasteiger partial charge in [-0.05, 0) is 17.2 Å². The van der Waals surface area contributed by atoms with E-state index in [2.05, 4.69) is 10.3 Å². The van der Waals surface area contributed by atoms with Gasteiger partial charge < -0.3 is 9.72 Å². The van der Waals surface area contributed by atoms with Crippen LogP contribution in [0.2, 0.25) is 0 Å². The average molecular weight is 351 g/mol. The minimum Gasteiger partial charge on any atom is -0.468 e. The second-order valence-electron chi connectivity index (χ2n) is 6.29. The molecule has 0 saturated carbocycles. The van der Waals surface area contributed by atoms with Crippen LogP contribution in [0.4, 0.5) is 5.69 Å². The normalized spacial score (nSPS) is 19.1. The lowest BCUT2D eigenvalue weighted by atomic mass is 9.90. The number of para-hydroxylation sites is 1. The summed E-state index contributed by atoms with van der Waals surface area (Å²) in [4.78, 5) is 26.3. The van der Waals surface area contributed by atoms with Gasteiger partial charge >= 0.3 is 5.97 Å². The van der Waals surface area contributed by atoms with Crippen molar-refractivity contribution in [3.05, 3.63) is 75.5 Å². The largest absolute Gasteiger partial charge is 0.468 e. The molecule has 0 radical (unpaired) electrons. The molecule has 3 aromatic rings. The van der Waals surface area contributed by atoms with Crippen LogP contribution in [0.5, 0.6) is 0 Å². The molecule has 0 fully saturated rings. The van der Waals surface area contributed by atoms with Crippen LogP contribution in [-0.4, -0.2) is 29.0 Å². The van der Waals surface area contributed by atoms with E-state index in [1.54, 1.807) is 6.07 Å².